The van der Waals surface area contributed by atoms with Gasteiger partial charge in [0.1, 0.15) is 5.82 Å². The number of sulfone groups is 1. The molecule has 22 heavy (non-hydrogen) atoms. The predicted molar refractivity (Wildman–Crippen MR) is 91.2 cm³/mol. The summed E-state index contributed by atoms with van der Waals surface area (Å²) in [6.45, 7) is 6.94. The first-order chi connectivity index (χ1) is 10.4. The number of pyridine rings is 1. The van der Waals surface area contributed by atoms with Crippen LogP contribution in [0.15, 0.2) is 18.2 Å². The Bertz CT molecular complexity index is 828. The van der Waals surface area contributed by atoms with E-state index in [1.807, 2.05) is 6.07 Å². The maximum atomic E-state index is 11.5. The van der Waals surface area contributed by atoms with Gasteiger partial charge in [-0.05, 0) is 55.9 Å². The number of aromatic nitrogens is 1. The fourth-order valence-electron chi connectivity index (χ4n) is 3.07. The average molecular weight is 318 g/mol. The summed E-state index contributed by atoms with van der Waals surface area (Å²) in [5.74, 6) is 1.65. The van der Waals surface area contributed by atoms with Crippen molar-refractivity contribution in [1.82, 2.24) is 4.98 Å². The molecule has 1 aliphatic heterocycles. The van der Waals surface area contributed by atoms with Crippen molar-refractivity contribution >= 4 is 26.6 Å². The van der Waals surface area contributed by atoms with Crippen molar-refractivity contribution in [3.8, 4) is 0 Å². The number of fused-ring (bicyclic) bond motifs is 1. The van der Waals surface area contributed by atoms with Crippen LogP contribution < -0.4 is 5.32 Å². The van der Waals surface area contributed by atoms with Crippen LogP contribution in [0, 0.1) is 26.7 Å². The summed E-state index contributed by atoms with van der Waals surface area (Å²) in [6.07, 6.45) is 0.750. The molecule has 2 aromatic rings. The van der Waals surface area contributed by atoms with Crippen LogP contribution >= 0.6 is 0 Å². The molecule has 1 atom stereocenters. The highest BCUT2D eigenvalue weighted by Gasteiger charge is 2.27. The van der Waals surface area contributed by atoms with Gasteiger partial charge in [-0.2, -0.15) is 0 Å². The fraction of sp³-hybridized carbons (Fsp3) is 0.471. The Morgan fingerprint density at radius 1 is 1.23 bits per heavy atom. The Hall–Kier alpha value is -1.62. The number of nitrogens with zero attached hydrogens (tertiary/aromatic N) is 1. The van der Waals surface area contributed by atoms with Crippen molar-refractivity contribution in [2.75, 3.05) is 23.4 Å². The first-order valence-electron chi connectivity index (χ1n) is 7.67. The first kappa shape index (κ1) is 15.3. The first-order valence-corrected chi connectivity index (χ1v) is 9.50. The maximum Gasteiger partial charge on any atom is 0.150 e. The molecule has 4 nitrogen and oxygen atoms in total. The van der Waals surface area contributed by atoms with E-state index in [1.165, 1.54) is 22.1 Å². The van der Waals surface area contributed by atoms with Gasteiger partial charge in [0, 0.05) is 11.9 Å². The predicted octanol–water partition coefficient (Wildman–Crippen LogP) is 3.01. The zero-order chi connectivity index (χ0) is 15.9. The van der Waals surface area contributed by atoms with Gasteiger partial charge in [0.15, 0.2) is 9.84 Å². The third-order valence-electron chi connectivity index (χ3n) is 4.61. The van der Waals surface area contributed by atoms with Crippen molar-refractivity contribution in [3.05, 3.63) is 34.9 Å². The number of benzene rings is 1. The van der Waals surface area contributed by atoms with Gasteiger partial charge >= 0.3 is 0 Å². The molecule has 0 radical (unpaired) electrons. The van der Waals surface area contributed by atoms with Gasteiger partial charge in [-0.1, -0.05) is 12.1 Å². The monoisotopic (exact) mass is 318 g/mol. The van der Waals surface area contributed by atoms with E-state index < -0.39 is 9.84 Å². The highest BCUT2D eigenvalue weighted by molar-refractivity contribution is 7.91. The molecule has 1 fully saturated rings. The molecule has 1 unspecified atom stereocenters. The van der Waals surface area contributed by atoms with Crippen LogP contribution in [-0.2, 0) is 9.84 Å². The summed E-state index contributed by atoms with van der Waals surface area (Å²) >= 11 is 0. The quantitative estimate of drug-likeness (QED) is 0.945. The van der Waals surface area contributed by atoms with Gasteiger partial charge in [0.05, 0.1) is 17.0 Å². The van der Waals surface area contributed by atoms with Gasteiger partial charge in [-0.15, -0.1) is 0 Å². The molecule has 1 saturated heterocycles. The smallest absolute Gasteiger partial charge is 0.150 e. The van der Waals surface area contributed by atoms with Gasteiger partial charge in [-0.3, -0.25) is 0 Å². The SMILES string of the molecule is Cc1ccc2c(C)cc(NCC3CCS(=O)(=O)C3)nc2c1C. The largest absolute Gasteiger partial charge is 0.370 e. The number of aryl methyl sites for hydroxylation is 3. The standard InChI is InChI=1S/C17H22N2O2S/c1-11-4-5-15-12(2)8-16(19-17(15)13(11)3)18-9-14-6-7-22(20,21)10-14/h4-5,8,14H,6-7,9-10H2,1-3H3,(H,18,19). The van der Waals surface area contributed by atoms with E-state index in [9.17, 15) is 8.42 Å². The van der Waals surface area contributed by atoms with Crippen LogP contribution in [0.4, 0.5) is 5.82 Å². The average Bonchev–Trinajstić information content (AvgIpc) is 2.80. The molecule has 1 N–H and O–H groups in total. The highest BCUT2D eigenvalue weighted by atomic mass is 32.2. The second kappa shape index (κ2) is 5.54. The van der Waals surface area contributed by atoms with E-state index in [0.717, 1.165) is 17.8 Å². The minimum absolute atomic E-state index is 0.196. The van der Waals surface area contributed by atoms with Crippen LogP contribution in [0.2, 0.25) is 0 Å². The molecule has 0 saturated carbocycles. The molecule has 3 rings (SSSR count). The van der Waals surface area contributed by atoms with Gasteiger partial charge < -0.3 is 5.32 Å². The zero-order valence-corrected chi connectivity index (χ0v) is 14.1. The summed E-state index contributed by atoms with van der Waals surface area (Å²) in [7, 11) is -2.82. The van der Waals surface area contributed by atoms with Gasteiger partial charge in [-0.25, -0.2) is 13.4 Å². The molecule has 0 aliphatic carbocycles. The van der Waals surface area contributed by atoms with Crippen LogP contribution in [0.5, 0.6) is 0 Å². The number of nitrogens with one attached hydrogen (secondary N) is 1. The molecule has 5 heteroatoms. The van der Waals surface area contributed by atoms with Gasteiger partial charge in [0.2, 0.25) is 0 Å². The molecule has 0 bridgehead atoms. The van der Waals surface area contributed by atoms with E-state index in [0.29, 0.717) is 18.1 Å². The van der Waals surface area contributed by atoms with Crippen LogP contribution in [-0.4, -0.2) is 31.5 Å². The van der Waals surface area contributed by atoms with Crippen molar-refractivity contribution in [3.63, 3.8) is 0 Å². The molecule has 1 aromatic carbocycles. The highest BCUT2D eigenvalue weighted by Crippen LogP contribution is 2.26. The molecule has 0 amide bonds. The minimum atomic E-state index is -2.82. The van der Waals surface area contributed by atoms with Crippen LogP contribution in [0.25, 0.3) is 10.9 Å². The van der Waals surface area contributed by atoms with E-state index in [4.69, 9.17) is 4.98 Å². The van der Waals surface area contributed by atoms with E-state index >= 15 is 0 Å². The third kappa shape index (κ3) is 2.95. The molecule has 1 aliphatic rings. The van der Waals surface area contributed by atoms with Crippen LogP contribution in [0.3, 0.4) is 0 Å². The van der Waals surface area contributed by atoms with E-state index in [1.54, 1.807) is 0 Å². The van der Waals surface area contributed by atoms with Crippen molar-refractivity contribution in [2.24, 2.45) is 5.92 Å². The molecular formula is C17H22N2O2S. The van der Waals surface area contributed by atoms with Crippen LogP contribution in [0.1, 0.15) is 23.1 Å². The number of rotatable bonds is 3. The molecule has 1 aromatic heterocycles. The summed E-state index contributed by atoms with van der Waals surface area (Å²) in [5, 5.41) is 4.51. The van der Waals surface area contributed by atoms with Gasteiger partial charge in [0.25, 0.3) is 0 Å². The second-order valence-corrected chi connectivity index (χ2v) is 8.61. The minimum Gasteiger partial charge on any atom is -0.370 e. The normalized spacial score (nSPS) is 20.4. The Morgan fingerprint density at radius 2 is 2.00 bits per heavy atom. The summed E-state index contributed by atoms with van der Waals surface area (Å²) in [6, 6.07) is 6.29. The zero-order valence-electron chi connectivity index (χ0n) is 13.3. The number of hydrogen-bond donors (Lipinski definition) is 1. The Kier molecular flexibility index (Phi) is 3.85. The van der Waals surface area contributed by atoms with E-state index in [-0.39, 0.29) is 5.92 Å². The maximum absolute atomic E-state index is 11.5. The van der Waals surface area contributed by atoms with E-state index in [2.05, 4.69) is 38.2 Å². The number of hydrogen-bond acceptors (Lipinski definition) is 4. The molecule has 118 valence electrons. The second-order valence-electron chi connectivity index (χ2n) is 6.38. The number of anilines is 1. The topological polar surface area (TPSA) is 59.1 Å². The third-order valence-corrected chi connectivity index (χ3v) is 6.45. The Labute approximate surface area is 131 Å². The Balaban J connectivity index is 1.84. The van der Waals surface area contributed by atoms with Crippen molar-refractivity contribution < 1.29 is 8.42 Å². The fourth-order valence-corrected chi connectivity index (χ4v) is 4.93. The summed E-state index contributed by atoms with van der Waals surface area (Å²) in [5.41, 5.74) is 4.65. The lowest BCUT2D eigenvalue weighted by molar-refractivity contribution is 0.595. The van der Waals surface area contributed by atoms with Crippen molar-refractivity contribution in [2.45, 2.75) is 27.2 Å². The lowest BCUT2D eigenvalue weighted by Crippen LogP contribution is -2.16. The Morgan fingerprint density at radius 3 is 2.68 bits per heavy atom. The lowest BCUT2D eigenvalue weighted by atomic mass is 10.0. The lowest BCUT2D eigenvalue weighted by Gasteiger charge is -2.13. The summed E-state index contributed by atoms with van der Waals surface area (Å²) < 4.78 is 23.0. The van der Waals surface area contributed by atoms with Crippen molar-refractivity contribution in [1.29, 1.82) is 0 Å². The molecular weight excluding hydrogens is 296 g/mol. The molecule has 0 spiro atoms. The molecule has 2 heterocycles. The summed E-state index contributed by atoms with van der Waals surface area (Å²) in [4.78, 5) is 4.73.